The minimum Gasteiger partial charge on any atom is -0.496 e. The van der Waals surface area contributed by atoms with Gasteiger partial charge in [0.25, 0.3) is 0 Å². The van der Waals surface area contributed by atoms with Crippen LogP contribution in [0.25, 0.3) is 11.1 Å². The number of alkyl halides is 6. The Labute approximate surface area is 239 Å². The van der Waals surface area contributed by atoms with E-state index in [1.807, 2.05) is 18.6 Å². The first kappa shape index (κ1) is 32.6. The van der Waals surface area contributed by atoms with Crippen LogP contribution < -0.4 is 14.4 Å². The molecule has 0 atom stereocenters. The summed E-state index contributed by atoms with van der Waals surface area (Å²) in [7, 11) is -1.73. The van der Waals surface area contributed by atoms with E-state index in [9.17, 15) is 39.6 Å². The van der Waals surface area contributed by atoms with Crippen LogP contribution in [0.5, 0.6) is 5.75 Å². The van der Waals surface area contributed by atoms with Crippen LogP contribution >= 0.6 is 0 Å². The topological polar surface area (TPSA) is 84.9 Å². The van der Waals surface area contributed by atoms with Crippen molar-refractivity contribution in [2.75, 3.05) is 30.1 Å². The predicted molar refractivity (Wildman–Crippen MR) is 146 cm³/mol. The SMILES string of the molecule is COC(=O)N(Cc1cc(NS(C)(=O)=O)cc(C(F)(F)F)c1)c1cc(-c2cc(C(C)C)ccc2OC)ccc1C(F)(F)F. The first-order valence-corrected chi connectivity index (χ1v) is 14.2. The van der Waals surface area contributed by atoms with Crippen molar-refractivity contribution >= 4 is 27.5 Å². The number of hydrogen-bond donors (Lipinski definition) is 1. The van der Waals surface area contributed by atoms with Gasteiger partial charge in [0.2, 0.25) is 10.0 Å². The molecule has 0 unspecified atom stereocenters. The van der Waals surface area contributed by atoms with Crippen LogP contribution in [0.3, 0.4) is 0 Å². The Balaban J connectivity index is 2.27. The minimum atomic E-state index is -4.97. The fourth-order valence-electron chi connectivity index (χ4n) is 4.23. The number of carbonyl (C=O) groups excluding carboxylic acids is 1. The van der Waals surface area contributed by atoms with Gasteiger partial charge < -0.3 is 9.47 Å². The maximum Gasteiger partial charge on any atom is 0.418 e. The number of sulfonamides is 1. The first-order chi connectivity index (χ1) is 19.3. The molecule has 0 aliphatic rings. The zero-order valence-electron chi connectivity index (χ0n) is 23.1. The molecule has 3 rings (SSSR count). The van der Waals surface area contributed by atoms with Gasteiger partial charge in [-0.15, -0.1) is 0 Å². The van der Waals surface area contributed by atoms with Crippen molar-refractivity contribution < 1.29 is 49.0 Å². The Kier molecular flexibility index (Phi) is 9.40. The molecule has 3 aromatic rings. The van der Waals surface area contributed by atoms with Gasteiger partial charge in [0.15, 0.2) is 0 Å². The molecule has 7 nitrogen and oxygen atoms in total. The number of amides is 1. The van der Waals surface area contributed by atoms with E-state index >= 15 is 0 Å². The lowest BCUT2D eigenvalue weighted by molar-refractivity contribution is -0.138. The highest BCUT2D eigenvalue weighted by Crippen LogP contribution is 2.42. The van der Waals surface area contributed by atoms with Crippen molar-refractivity contribution in [1.29, 1.82) is 0 Å². The molecule has 3 aromatic carbocycles. The van der Waals surface area contributed by atoms with Crippen LogP contribution in [0, 0.1) is 0 Å². The van der Waals surface area contributed by atoms with E-state index in [2.05, 4.69) is 0 Å². The van der Waals surface area contributed by atoms with E-state index in [1.54, 1.807) is 18.2 Å². The van der Waals surface area contributed by atoms with Gasteiger partial charge in [0, 0.05) is 11.3 Å². The summed E-state index contributed by atoms with van der Waals surface area (Å²) in [6, 6.07) is 10.3. The molecule has 0 aliphatic carbocycles. The van der Waals surface area contributed by atoms with Gasteiger partial charge in [-0.05, 0) is 65.1 Å². The van der Waals surface area contributed by atoms with Crippen molar-refractivity contribution in [3.63, 3.8) is 0 Å². The molecule has 14 heteroatoms. The highest BCUT2D eigenvalue weighted by molar-refractivity contribution is 7.92. The second kappa shape index (κ2) is 12.1. The van der Waals surface area contributed by atoms with Crippen LogP contribution in [0.4, 0.5) is 42.5 Å². The highest BCUT2D eigenvalue weighted by Gasteiger charge is 2.37. The summed E-state index contributed by atoms with van der Waals surface area (Å²) in [5.74, 6) is 0.398. The van der Waals surface area contributed by atoms with Gasteiger partial charge in [-0.3, -0.25) is 9.62 Å². The average Bonchev–Trinajstić information content (AvgIpc) is 2.88. The number of anilines is 2. The molecule has 0 bridgehead atoms. The standard InChI is InChI=1S/C28H28F6N2O5S/c1-16(2)18-7-9-25(40-3)22(12-18)19-6-8-23(28(32,33)34)24(13-19)36(26(37)41-4)15-17-10-20(27(29,30)31)14-21(11-17)35-42(5,38)39/h6-14,16,35H,15H2,1-5H3. The summed E-state index contributed by atoms with van der Waals surface area (Å²) >= 11 is 0. The van der Waals surface area contributed by atoms with E-state index in [1.165, 1.54) is 13.2 Å². The number of carbonyl (C=O) groups is 1. The summed E-state index contributed by atoms with van der Waals surface area (Å²) in [5.41, 5.74) is -2.54. The lowest BCUT2D eigenvalue weighted by Crippen LogP contribution is -2.32. The Hall–Kier alpha value is -3.94. The second-order valence-electron chi connectivity index (χ2n) is 9.69. The van der Waals surface area contributed by atoms with Crippen LogP contribution in [-0.4, -0.2) is 35.0 Å². The number of methoxy groups -OCH3 is 2. The van der Waals surface area contributed by atoms with Crippen molar-refractivity contribution in [1.82, 2.24) is 0 Å². The second-order valence-corrected chi connectivity index (χ2v) is 11.4. The molecule has 1 amide bonds. The summed E-state index contributed by atoms with van der Waals surface area (Å²) in [4.78, 5) is 13.4. The van der Waals surface area contributed by atoms with E-state index < -0.39 is 57.5 Å². The maximum atomic E-state index is 14.2. The third kappa shape index (κ3) is 7.87. The summed E-state index contributed by atoms with van der Waals surface area (Å²) in [6.07, 6.45) is -10.5. The van der Waals surface area contributed by atoms with Crippen molar-refractivity contribution in [3.05, 3.63) is 76.9 Å². The number of ether oxygens (including phenoxy) is 2. The lowest BCUT2D eigenvalue weighted by atomic mass is 9.95. The summed E-state index contributed by atoms with van der Waals surface area (Å²) < 4.78 is 119. The molecule has 228 valence electrons. The quantitative estimate of drug-likeness (QED) is 0.262. The fraction of sp³-hybridized carbons (Fsp3) is 0.321. The molecule has 0 aliphatic heterocycles. The van der Waals surface area contributed by atoms with E-state index in [0.29, 0.717) is 28.3 Å². The number of rotatable bonds is 8. The first-order valence-electron chi connectivity index (χ1n) is 12.3. The summed E-state index contributed by atoms with van der Waals surface area (Å²) in [6.45, 7) is 3.01. The third-order valence-corrected chi connectivity index (χ3v) is 6.76. The lowest BCUT2D eigenvalue weighted by Gasteiger charge is -2.26. The van der Waals surface area contributed by atoms with Gasteiger partial charge >= 0.3 is 18.4 Å². The number of hydrogen-bond acceptors (Lipinski definition) is 5. The van der Waals surface area contributed by atoms with Gasteiger partial charge in [-0.25, -0.2) is 13.2 Å². The Morgan fingerprint density at radius 2 is 1.60 bits per heavy atom. The van der Waals surface area contributed by atoms with Crippen molar-refractivity contribution in [3.8, 4) is 16.9 Å². The molecule has 0 saturated heterocycles. The molecule has 0 fully saturated rings. The van der Waals surface area contributed by atoms with Crippen molar-refractivity contribution in [2.24, 2.45) is 0 Å². The van der Waals surface area contributed by atoms with Crippen LogP contribution in [0.1, 0.15) is 42.0 Å². The number of benzene rings is 3. The van der Waals surface area contributed by atoms with E-state index in [0.717, 1.165) is 37.1 Å². The Morgan fingerprint density at radius 3 is 2.12 bits per heavy atom. The fourth-order valence-corrected chi connectivity index (χ4v) is 4.78. The largest absolute Gasteiger partial charge is 0.496 e. The van der Waals surface area contributed by atoms with Crippen molar-refractivity contribution in [2.45, 2.75) is 38.7 Å². The smallest absolute Gasteiger partial charge is 0.418 e. The van der Waals surface area contributed by atoms with Crippen LogP contribution in [0.15, 0.2) is 54.6 Å². The van der Waals surface area contributed by atoms with Gasteiger partial charge in [0.05, 0.1) is 43.8 Å². The Morgan fingerprint density at radius 1 is 0.929 bits per heavy atom. The molecule has 42 heavy (non-hydrogen) atoms. The third-order valence-electron chi connectivity index (χ3n) is 6.15. The van der Waals surface area contributed by atoms with Gasteiger partial charge in [-0.2, -0.15) is 26.3 Å². The van der Waals surface area contributed by atoms with E-state index in [-0.39, 0.29) is 17.0 Å². The molecule has 0 saturated carbocycles. The number of nitrogens with zero attached hydrogens (tertiary/aromatic N) is 1. The average molecular weight is 619 g/mol. The normalized spacial score (nSPS) is 12.3. The molecule has 1 N–H and O–H groups in total. The van der Waals surface area contributed by atoms with E-state index in [4.69, 9.17) is 9.47 Å². The highest BCUT2D eigenvalue weighted by atomic mass is 32.2. The molecule has 0 aromatic heterocycles. The predicted octanol–water partition coefficient (Wildman–Crippen LogP) is 7.67. The minimum absolute atomic E-state index is 0.0609. The monoisotopic (exact) mass is 618 g/mol. The maximum absolute atomic E-state index is 14.2. The molecular formula is C28H28F6N2O5S. The number of halogens is 6. The number of nitrogens with one attached hydrogen (secondary N) is 1. The Bertz CT molecular complexity index is 1570. The molecule has 0 spiro atoms. The van der Waals surface area contributed by atoms with Gasteiger partial charge in [0.1, 0.15) is 5.75 Å². The zero-order valence-corrected chi connectivity index (χ0v) is 24.0. The van der Waals surface area contributed by atoms with Crippen LogP contribution in [0.2, 0.25) is 0 Å². The molecule has 0 radical (unpaired) electrons. The molecular weight excluding hydrogens is 590 g/mol. The van der Waals surface area contributed by atoms with Gasteiger partial charge in [-0.1, -0.05) is 26.0 Å². The molecule has 0 heterocycles. The summed E-state index contributed by atoms with van der Waals surface area (Å²) in [5, 5.41) is 0. The zero-order chi connectivity index (χ0) is 31.6. The van der Waals surface area contributed by atoms with Crippen LogP contribution in [-0.2, 0) is 33.7 Å².